The number of hydrogen-bond donors (Lipinski definition) is 0. The Morgan fingerprint density at radius 3 is 2.25 bits per heavy atom. The second kappa shape index (κ2) is 6.93. The largest absolute Gasteiger partial charge is 0.309 e. The Bertz CT molecular complexity index is 289. The van der Waals surface area contributed by atoms with Crippen molar-refractivity contribution >= 4 is 8.07 Å². The molecule has 0 unspecified atom stereocenters. The van der Waals surface area contributed by atoms with Gasteiger partial charge in [-0.1, -0.05) is 38.0 Å². The Kier molecular flexibility index (Phi) is 5.72. The van der Waals surface area contributed by atoms with Gasteiger partial charge in [-0.15, -0.1) is 0 Å². The van der Waals surface area contributed by atoms with E-state index in [4.69, 9.17) is 0 Å². The first-order valence-electron chi connectivity index (χ1n) is 8.90. The van der Waals surface area contributed by atoms with Gasteiger partial charge in [0.1, 0.15) is 0 Å². The molecule has 2 nitrogen and oxygen atoms in total. The summed E-state index contributed by atoms with van der Waals surface area (Å²) < 4.78 is 0. The highest BCUT2D eigenvalue weighted by atomic mass is 28.3. The van der Waals surface area contributed by atoms with Crippen LogP contribution < -0.4 is 0 Å². The second-order valence-electron chi connectivity index (χ2n) is 7.89. The van der Waals surface area contributed by atoms with Crippen molar-refractivity contribution in [1.82, 2.24) is 9.80 Å². The van der Waals surface area contributed by atoms with Crippen molar-refractivity contribution in [2.75, 3.05) is 40.3 Å². The Morgan fingerprint density at radius 1 is 1.05 bits per heavy atom. The van der Waals surface area contributed by atoms with Crippen molar-refractivity contribution in [3.05, 3.63) is 0 Å². The summed E-state index contributed by atoms with van der Waals surface area (Å²) in [5.74, 6) is 0. The molecule has 2 fully saturated rings. The minimum Gasteiger partial charge on any atom is -0.309 e. The zero-order valence-corrected chi connectivity index (χ0v) is 15.4. The van der Waals surface area contributed by atoms with Crippen LogP contribution in [0.4, 0.5) is 0 Å². The molecule has 2 aliphatic rings. The summed E-state index contributed by atoms with van der Waals surface area (Å²) in [5.41, 5.74) is 0.735. The number of nitrogens with zero attached hydrogens (tertiary/aromatic N) is 2. The van der Waals surface area contributed by atoms with E-state index in [0.717, 1.165) is 5.41 Å². The lowest BCUT2D eigenvalue weighted by atomic mass is 9.81. The number of rotatable bonds is 6. The molecule has 2 aliphatic heterocycles. The SMILES string of the molecule is CC[Si]1(CC)CCC2(CCN(CCCN(C)C)C2)CC1. The molecule has 0 aliphatic carbocycles. The van der Waals surface area contributed by atoms with Gasteiger partial charge in [-0.2, -0.15) is 0 Å². The minimum atomic E-state index is -0.812. The molecule has 1 spiro atoms. The second-order valence-corrected chi connectivity index (χ2v) is 13.3. The molecule has 0 aromatic rings. The fraction of sp³-hybridized carbons (Fsp3) is 1.00. The molecule has 0 aromatic carbocycles. The van der Waals surface area contributed by atoms with Gasteiger partial charge >= 0.3 is 0 Å². The van der Waals surface area contributed by atoms with Crippen molar-refractivity contribution in [1.29, 1.82) is 0 Å². The number of likely N-dealkylation sites (tertiary alicyclic amines) is 1. The van der Waals surface area contributed by atoms with Gasteiger partial charge in [-0.05, 0) is 64.8 Å². The summed E-state index contributed by atoms with van der Waals surface area (Å²) in [4.78, 5) is 5.07. The van der Waals surface area contributed by atoms with E-state index >= 15 is 0 Å². The molecule has 0 amide bonds. The zero-order chi connectivity index (χ0) is 14.6. The van der Waals surface area contributed by atoms with Crippen molar-refractivity contribution in [3.8, 4) is 0 Å². The Morgan fingerprint density at radius 2 is 1.70 bits per heavy atom. The van der Waals surface area contributed by atoms with Gasteiger partial charge in [-0.3, -0.25) is 0 Å². The highest BCUT2D eigenvalue weighted by Gasteiger charge is 2.45. The predicted molar refractivity (Wildman–Crippen MR) is 92.2 cm³/mol. The van der Waals surface area contributed by atoms with Crippen LogP contribution in [0.1, 0.15) is 39.5 Å². The molecule has 0 saturated carbocycles. The number of hydrogen-bond acceptors (Lipinski definition) is 2. The first-order valence-corrected chi connectivity index (χ1v) is 11.7. The van der Waals surface area contributed by atoms with E-state index in [1.807, 2.05) is 0 Å². The van der Waals surface area contributed by atoms with E-state index in [0.29, 0.717) is 0 Å². The lowest BCUT2D eigenvalue weighted by Gasteiger charge is -2.43. The maximum Gasteiger partial charge on any atom is 0.0530 e. The molecule has 118 valence electrons. The fourth-order valence-corrected chi connectivity index (χ4v) is 8.79. The molecular weight excluding hydrogens is 260 g/mol. The van der Waals surface area contributed by atoms with Crippen LogP contribution in [0.15, 0.2) is 0 Å². The van der Waals surface area contributed by atoms with Crippen LogP contribution in [0.5, 0.6) is 0 Å². The van der Waals surface area contributed by atoms with Gasteiger partial charge in [0.2, 0.25) is 0 Å². The van der Waals surface area contributed by atoms with Gasteiger partial charge in [0, 0.05) is 6.54 Å². The molecule has 0 N–H and O–H groups in total. The van der Waals surface area contributed by atoms with Crippen molar-refractivity contribution in [2.24, 2.45) is 5.41 Å². The molecule has 20 heavy (non-hydrogen) atoms. The summed E-state index contributed by atoms with van der Waals surface area (Å²) in [6.07, 6.45) is 5.95. The summed E-state index contributed by atoms with van der Waals surface area (Å²) >= 11 is 0. The van der Waals surface area contributed by atoms with Crippen LogP contribution in [0.3, 0.4) is 0 Å². The van der Waals surface area contributed by atoms with Crippen molar-refractivity contribution < 1.29 is 0 Å². The van der Waals surface area contributed by atoms with Crippen LogP contribution in [-0.4, -0.2) is 58.1 Å². The summed E-state index contributed by atoms with van der Waals surface area (Å²) in [6, 6.07) is 6.33. The molecule has 0 atom stereocenters. The van der Waals surface area contributed by atoms with Crippen LogP contribution in [0, 0.1) is 5.41 Å². The van der Waals surface area contributed by atoms with Gasteiger partial charge < -0.3 is 9.80 Å². The normalized spacial score (nSPS) is 25.6. The lowest BCUT2D eigenvalue weighted by molar-refractivity contribution is 0.224. The van der Waals surface area contributed by atoms with E-state index in [2.05, 4.69) is 37.7 Å². The molecule has 2 rings (SSSR count). The molecule has 2 heterocycles. The summed E-state index contributed by atoms with van der Waals surface area (Å²) in [5, 5.41) is 0. The summed E-state index contributed by atoms with van der Waals surface area (Å²) in [6.45, 7) is 10.3. The molecule has 2 saturated heterocycles. The molecular formula is C17H36N2Si. The van der Waals surface area contributed by atoms with E-state index < -0.39 is 8.07 Å². The topological polar surface area (TPSA) is 6.48 Å². The highest BCUT2D eigenvalue weighted by Crippen LogP contribution is 2.49. The predicted octanol–water partition coefficient (Wildman–Crippen LogP) is 3.91. The van der Waals surface area contributed by atoms with Crippen LogP contribution in [0.25, 0.3) is 0 Å². The van der Waals surface area contributed by atoms with Gasteiger partial charge in [0.15, 0.2) is 0 Å². The Balaban J connectivity index is 1.78. The van der Waals surface area contributed by atoms with Crippen LogP contribution in [0.2, 0.25) is 24.2 Å². The zero-order valence-electron chi connectivity index (χ0n) is 14.4. The average Bonchev–Trinajstić information content (AvgIpc) is 2.84. The molecule has 0 aromatic heterocycles. The van der Waals surface area contributed by atoms with E-state index in [1.165, 1.54) is 51.1 Å². The van der Waals surface area contributed by atoms with E-state index in [1.54, 1.807) is 24.9 Å². The monoisotopic (exact) mass is 296 g/mol. The van der Waals surface area contributed by atoms with Gasteiger partial charge in [0.25, 0.3) is 0 Å². The Labute approximate surface area is 127 Å². The van der Waals surface area contributed by atoms with Crippen LogP contribution >= 0.6 is 0 Å². The van der Waals surface area contributed by atoms with Crippen molar-refractivity contribution in [2.45, 2.75) is 63.7 Å². The highest BCUT2D eigenvalue weighted by molar-refractivity contribution is 6.79. The smallest absolute Gasteiger partial charge is 0.0530 e. The minimum absolute atomic E-state index is 0.735. The third-order valence-electron chi connectivity index (χ3n) is 6.47. The standard InChI is InChI=1S/C17H36N2Si/c1-5-20(6-2)14-9-17(10-15-20)8-13-19(16-17)12-7-11-18(3)4/h5-16H2,1-4H3. The lowest BCUT2D eigenvalue weighted by Crippen LogP contribution is -2.42. The van der Waals surface area contributed by atoms with Gasteiger partial charge in [0.05, 0.1) is 8.07 Å². The van der Waals surface area contributed by atoms with Crippen molar-refractivity contribution in [3.63, 3.8) is 0 Å². The van der Waals surface area contributed by atoms with E-state index in [9.17, 15) is 0 Å². The van der Waals surface area contributed by atoms with Gasteiger partial charge in [-0.25, -0.2) is 0 Å². The first-order chi connectivity index (χ1) is 9.53. The molecule has 0 bridgehead atoms. The van der Waals surface area contributed by atoms with Crippen LogP contribution in [-0.2, 0) is 0 Å². The van der Waals surface area contributed by atoms with E-state index in [-0.39, 0.29) is 0 Å². The third kappa shape index (κ3) is 3.86. The summed E-state index contributed by atoms with van der Waals surface area (Å²) in [7, 11) is 3.56. The molecule has 3 heteroatoms. The quantitative estimate of drug-likeness (QED) is 0.686. The maximum atomic E-state index is 2.76. The Hall–Kier alpha value is 0.137. The maximum absolute atomic E-state index is 2.76. The third-order valence-corrected chi connectivity index (χ3v) is 12.1. The fourth-order valence-electron chi connectivity index (χ4n) is 4.51. The first kappa shape index (κ1) is 16.5. The average molecular weight is 297 g/mol. The molecule has 0 radical (unpaired) electrons.